The van der Waals surface area contributed by atoms with E-state index < -0.39 is 23.9 Å². The standard InChI is InChI=1S/C29H29FN2O4/c30-26-17-20(32-14-6-1-7-15-32)13-12-19(26)16-27(28(33)34)31-29(35)36-18-25-23-10-4-2-8-21(23)22-9-3-5-11-24(22)25/h2-5,8-13,17,25,27H,1,6-7,14-16,18H2,(H,31,35)(H,33,34). The smallest absolute Gasteiger partial charge is 0.407 e. The molecule has 1 atom stereocenters. The summed E-state index contributed by atoms with van der Waals surface area (Å²) in [5, 5.41) is 12.1. The molecule has 2 aliphatic rings. The number of hydrogen-bond donors (Lipinski definition) is 2. The van der Waals surface area contributed by atoms with E-state index in [9.17, 15) is 19.1 Å². The van der Waals surface area contributed by atoms with Crippen molar-refractivity contribution in [2.24, 2.45) is 0 Å². The lowest BCUT2D eigenvalue weighted by molar-refractivity contribution is -0.139. The lowest BCUT2D eigenvalue weighted by Gasteiger charge is -2.29. The van der Waals surface area contributed by atoms with Gasteiger partial charge in [0.1, 0.15) is 18.5 Å². The summed E-state index contributed by atoms with van der Waals surface area (Å²) in [4.78, 5) is 26.6. The number of alkyl carbamates (subject to hydrolysis) is 1. The van der Waals surface area contributed by atoms with Crippen LogP contribution in [-0.2, 0) is 16.0 Å². The zero-order valence-electron chi connectivity index (χ0n) is 20.0. The number of anilines is 1. The highest BCUT2D eigenvalue weighted by Crippen LogP contribution is 2.44. The summed E-state index contributed by atoms with van der Waals surface area (Å²) >= 11 is 0. The first-order chi connectivity index (χ1) is 17.5. The first kappa shape index (κ1) is 23.9. The number of fused-ring (bicyclic) bond motifs is 3. The molecule has 0 aromatic heterocycles. The highest BCUT2D eigenvalue weighted by Gasteiger charge is 2.30. The summed E-state index contributed by atoms with van der Waals surface area (Å²) in [7, 11) is 0. The largest absolute Gasteiger partial charge is 0.480 e. The number of benzene rings is 3. The average molecular weight is 489 g/mol. The summed E-state index contributed by atoms with van der Waals surface area (Å²) in [6.07, 6.45) is 2.32. The maximum Gasteiger partial charge on any atom is 0.407 e. The molecule has 3 aromatic rings. The van der Waals surface area contributed by atoms with Crippen molar-refractivity contribution in [2.45, 2.75) is 37.6 Å². The molecule has 1 amide bonds. The highest BCUT2D eigenvalue weighted by atomic mass is 19.1. The van der Waals surface area contributed by atoms with E-state index in [0.717, 1.165) is 53.9 Å². The van der Waals surface area contributed by atoms with Crippen LogP contribution in [0.1, 0.15) is 41.9 Å². The predicted molar refractivity (Wildman–Crippen MR) is 136 cm³/mol. The number of carboxylic acids is 1. The van der Waals surface area contributed by atoms with Crippen molar-refractivity contribution in [2.75, 3.05) is 24.6 Å². The lowest BCUT2D eigenvalue weighted by atomic mass is 9.98. The average Bonchev–Trinajstić information content (AvgIpc) is 3.22. The fraction of sp³-hybridized carbons (Fsp3) is 0.310. The van der Waals surface area contributed by atoms with Crippen LogP contribution in [0.15, 0.2) is 66.7 Å². The molecular formula is C29H29FN2O4. The number of piperidine rings is 1. The van der Waals surface area contributed by atoms with E-state index in [1.165, 1.54) is 12.5 Å². The van der Waals surface area contributed by atoms with Crippen LogP contribution in [0.4, 0.5) is 14.9 Å². The van der Waals surface area contributed by atoms with Crippen molar-refractivity contribution in [1.29, 1.82) is 0 Å². The maximum absolute atomic E-state index is 14.8. The van der Waals surface area contributed by atoms with Gasteiger partial charge in [-0.3, -0.25) is 0 Å². The van der Waals surface area contributed by atoms with E-state index in [1.807, 2.05) is 54.6 Å². The maximum atomic E-state index is 14.8. The number of nitrogens with one attached hydrogen (secondary N) is 1. The van der Waals surface area contributed by atoms with Crippen LogP contribution in [0.5, 0.6) is 0 Å². The molecule has 1 aliphatic carbocycles. The Morgan fingerprint density at radius 2 is 1.61 bits per heavy atom. The number of ether oxygens (including phenoxy) is 1. The zero-order valence-corrected chi connectivity index (χ0v) is 20.0. The second-order valence-electron chi connectivity index (χ2n) is 9.39. The SMILES string of the molecule is O=C(NC(Cc1ccc(N2CCCCC2)cc1F)C(=O)O)OCC1c2ccccc2-c2ccccc21. The van der Waals surface area contributed by atoms with E-state index >= 15 is 0 Å². The topological polar surface area (TPSA) is 78.9 Å². The first-order valence-corrected chi connectivity index (χ1v) is 12.4. The lowest BCUT2D eigenvalue weighted by Crippen LogP contribution is -2.43. The number of rotatable bonds is 7. The molecule has 1 aliphatic heterocycles. The van der Waals surface area contributed by atoms with Gasteiger partial charge in [0.25, 0.3) is 0 Å². The molecule has 1 fully saturated rings. The quantitative estimate of drug-likeness (QED) is 0.469. The van der Waals surface area contributed by atoms with E-state index in [1.54, 1.807) is 6.07 Å². The van der Waals surface area contributed by atoms with Gasteiger partial charge in [-0.05, 0) is 59.2 Å². The fourth-order valence-electron chi connectivity index (χ4n) is 5.25. The van der Waals surface area contributed by atoms with Crippen molar-refractivity contribution in [3.63, 3.8) is 0 Å². The van der Waals surface area contributed by atoms with Crippen molar-refractivity contribution in [3.8, 4) is 11.1 Å². The van der Waals surface area contributed by atoms with Crippen LogP contribution in [-0.4, -0.2) is 42.9 Å². The van der Waals surface area contributed by atoms with Crippen LogP contribution < -0.4 is 10.2 Å². The Morgan fingerprint density at radius 1 is 0.972 bits per heavy atom. The van der Waals surface area contributed by atoms with Crippen molar-refractivity contribution < 1.29 is 23.8 Å². The third-order valence-electron chi connectivity index (χ3n) is 7.12. The molecule has 0 saturated carbocycles. The van der Waals surface area contributed by atoms with E-state index in [-0.39, 0.29) is 24.5 Å². The Bertz CT molecular complexity index is 1230. The van der Waals surface area contributed by atoms with Gasteiger partial charge in [0.15, 0.2) is 0 Å². The highest BCUT2D eigenvalue weighted by molar-refractivity contribution is 5.81. The van der Waals surface area contributed by atoms with Gasteiger partial charge in [-0.25, -0.2) is 14.0 Å². The first-order valence-electron chi connectivity index (χ1n) is 12.4. The normalized spacial score (nSPS) is 15.6. The van der Waals surface area contributed by atoms with Gasteiger partial charge >= 0.3 is 12.1 Å². The van der Waals surface area contributed by atoms with Gasteiger partial charge in [0.2, 0.25) is 0 Å². The number of halogens is 1. The summed E-state index contributed by atoms with van der Waals surface area (Å²) in [5.41, 5.74) is 5.38. The summed E-state index contributed by atoms with van der Waals surface area (Å²) in [5.74, 6) is -1.85. The van der Waals surface area contributed by atoms with Crippen LogP contribution in [0.25, 0.3) is 11.1 Å². The number of amides is 1. The molecule has 1 heterocycles. The third-order valence-corrected chi connectivity index (χ3v) is 7.12. The Labute approximate surface area is 209 Å². The minimum absolute atomic E-state index is 0.0745. The molecule has 1 saturated heterocycles. The Hall–Kier alpha value is -3.87. The number of hydrogen-bond acceptors (Lipinski definition) is 4. The molecule has 0 bridgehead atoms. The molecule has 1 unspecified atom stereocenters. The zero-order chi connectivity index (χ0) is 25.1. The molecule has 0 spiro atoms. The van der Waals surface area contributed by atoms with Crippen LogP contribution in [0, 0.1) is 5.82 Å². The Balaban J connectivity index is 1.23. The van der Waals surface area contributed by atoms with Gasteiger partial charge in [-0.1, -0.05) is 54.6 Å². The monoisotopic (exact) mass is 488 g/mol. The summed E-state index contributed by atoms with van der Waals surface area (Å²) in [6, 6.07) is 19.5. The van der Waals surface area contributed by atoms with Crippen LogP contribution in [0.3, 0.4) is 0 Å². The second-order valence-corrected chi connectivity index (χ2v) is 9.39. The van der Waals surface area contributed by atoms with Crippen LogP contribution in [0.2, 0.25) is 0 Å². The molecule has 6 nitrogen and oxygen atoms in total. The minimum atomic E-state index is -1.31. The van der Waals surface area contributed by atoms with Gasteiger partial charge in [0, 0.05) is 31.1 Å². The van der Waals surface area contributed by atoms with Crippen molar-refractivity contribution >= 4 is 17.7 Å². The summed E-state index contributed by atoms with van der Waals surface area (Å²) < 4.78 is 20.3. The van der Waals surface area contributed by atoms with Crippen molar-refractivity contribution in [3.05, 3.63) is 89.2 Å². The van der Waals surface area contributed by atoms with Gasteiger partial charge in [-0.2, -0.15) is 0 Å². The number of nitrogens with zero attached hydrogens (tertiary/aromatic N) is 1. The molecule has 186 valence electrons. The fourth-order valence-corrected chi connectivity index (χ4v) is 5.25. The van der Waals surface area contributed by atoms with Crippen LogP contribution >= 0.6 is 0 Å². The number of carbonyl (C=O) groups excluding carboxylic acids is 1. The molecule has 5 rings (SSSR count). The predicted octanol–water partition coefficient (Wildman–Crippen LogP) is 5.35. The second kappa shape index (κ2) is 10.4. The summed E-state index contributed by atoms with van der Waals surface area (Å²) in [6.45, 7) is 1.85. The third kappa shape index (κ3) is 4.91. The number of carboxylic acid groups (broad SMARTS) is 1. The van der Waals surface area contributed by atoms with E-state index in [2.05, 4.69) is 10.2 Å². The molecular weight excluding hydrogens is 459 g/mol. The van der Waals surface area contributed by atoms with Gasteiger partial charge in [-0.15, -0.1) is 0 Å². The Morgan fingerprint density at radius 3 is 2.22 bits per heavy atom. The molecule has 7 heteroatoms. The van der Waals surface area contributed by atoms with Gasteiger partial charge < -0.3 is 20.1 Å². The number of aliphatic carboxylic acids is 1. The van der Waals surface area contributed by atoms with Crippen molar-refractivity contribution in [1.82, 2.24) is 5.32 Å². The molecule has 0 radical (unpaired) electrons. The Kier molecular flexibility index (Phi) is 6.89. The number of carbonyl (C=O) groups is 2. The molecule has 2 N–H and O–H groups in total. The molecule has 3 aromatic carbocycles. The van der Waals surface area contributed by atoms with E-state index in [4.69, 9.17) is 4.74 Å². The van der Waals surface area contributed by atoms with E-state index in [0.29, 0.717) is 0 Å². The molecule has 36 heavy (non-hydrogen) atoms. The minimum Gasteiger partial charge on any atom is -0.480 e. The van der Waals surface area contributed by atoms with Gasteiger partial charge in [0.05, 0.1) is 0 Å².